The topological polar surface area (TPSA) is 18.5 Å². The summed E-state index contributed by atoms with van der Waals surface area (Å²) in [5, 5.41) is -0.919. The number of hydrogen-bond acceptors (Lipinski definition) is 2. The first-order chi connectivity index (χ1) is 8.33. The monoisotopic (exact) mass is 286 g/mol. The fourth-order valence-electron chi connectivity index (χ4n) is 1.32. The van der Waals surface area contributed by atoms with Gasteiger partial charge in [0.25, 0.3) is 0 Å². The lowest BCUT2D eigenvalue weighted by Gasteiger charge is -2.15. The van der Waals surface area contributed by atoms with Crippen molar-refractivity contribution in [2.75, 3.05) is 20.3 Å². The van der Waals surface area contributed by atoms with Gasteiger partial charge in [0.1, 0.15) is 18.2 Å². The molecule has 102 valence electrons. The minimum Gasteiger partial charge on any atom is -0.496 e. The largest absolute Gasteiger partial charge is 0.496 e. The molecule has 0 bridgehead atoms. The number of ether oxygens (including phenoxy) is 2. The van der Waals surface area contributed by atoms with E-state index in [9.17, 15) is 17.6 Å². The van der Waals surface area contributed by atoms with Crippen LogP contribution < -0.4 is 4.74 Å². The Kier molecular flexibility index (Phi) is 5.22. The zero-order chi connectivity index (χ0) is 13.8. The van der Waals surface area contributed by atoms with Crippen LogP contribution in [0.15, 0.2) is 18.2 Å². The van der Waals surface area contributed by atoms with Gasteiger partial charge < -0.3 is 9.47 Å². The highest BCUT2D eigenvalue weighted by Gasteiger charge is 2.28. The molecule has 1 atom stereocenters. The van der Waals surface area contributed by atoms with E-state index in [0.717, 1.165) is 6.07 Å². The molecule has 0 saturated carbocycles. The van der Waals surface area contributed by atoms with Gasteiger partial charge in [0.15, 0.2) is 0 Å². The van der Waals surface area contributed by atoms with E-state index in [1.807, 2.05) is 0 Å². The van der Waals surface area contributed by atoms with Gasteiger partial charge in [-0.2, -0.15) is 13.2 Å². The van der Waals surface area contributed by atoms with Gasteiger partial charge in [-0.25, -0.2) is 4.39 Å². The van der Waals surface area contributed by atoms with Crippen molar-refractivity contribution in [1.29, 1.82) is 0 Å². The van der Waals surface area contributed by atoms with Crippen molar-refractivity contribution in [1.82, 2.24) is 0 Å². The highest BCUT2D eigenvalue weighted by Crippen LogP contribution is 2.31. The van der Waals surface area contributed by atoms with Crippen LogP contribution in [-0.4, -0.2) is 26.5 Å². The molecule has 0 fully saturated rings. The Balaban J connectivity index is 2.66. The Morgan fingerprint density at radius 2 is 2.00 bits per heavy atom. The first-order valence-corrected chi connectivity index (χ1v) is 5.39. The average molecular weight is 287 g/mol. The van der Waals surface area contributed by atoms with Crippen molar-refractivity contribution in [3.8, 4) is 5.75 Å². The Labute approximate surface area is 106 Å². The molecule has 0 aromatic heterocycles. The molecule has 1 aromatic carbocycles. The maximum atomic E-state index is 13.0. The fourth-order valence-corrected chi connectivity index (χ4v) is 1.58. The molecule has 0 heterocycles. The zero-order valence-electron chi connectivity index (χ0n) is 9.43. The van der Waals surface area contributed by atoms with Crippen LogP contribution in [0.5, 0.6) is 5.75 Å². The third-order valence-electron chi connectivity index (χ3n) is 2.06. The smallest absolute Gasteiger partial charge is 0.411 e. The fraction of sp³-hybridized carbons (Fsp3) is 0.455. The van der Waals surface area contributed by atoms with Gasteiger partial charge in [0.05, 0.1) is 19.1 Å². The molecule has 0 aliphatic heterocycles. The molecule has 7 heteroatoms. The number of rotatable bonds is 5. The summed E-state index contributed by atoms with van der Waals surface area (Å²) in [7, 11) is 1.36. The number of benzene rings is 1. The molecule has 0 aliphatic rings. The molecule has 0 radical (unpaired) electrons. The van der Waals surface area contributed by atoms with E-state index in [4.69, 9.17) is 16.3 Å². The maximum absolute atomic E-state index is 13.0. The highest BCUT2D eigenvalue weighted by molar-refractivity contribution is 6.21. The van der Waals surface area contributed by atoms with Crippen LogP contribution in [0.2, 0.25) is 0 Å². The summed E-state index contributed by atoms with van der Waals surface area (Å²) in [6.07, 6.45) is -4.41. The summed E-state index contributed by atoms with van der Waals surface area (Å²) in [6.45, 7) is -1.78. The summed E-state index contributed by atoms with van der Waals surface area (Å²) in [6, 6.07) is 3.62. The average Bonchev–Trinajstić information content (AvgIpc) is 2.27. The minimum absolute atomic E-state index is 0.251. The molecule has 2 nitrogen and oxygen atoms in total. The minimum atomic E-state index is -4.41. The second-order valence-corrected chi connectivity index (χ2v) is 4.01. The normalized spacial score (nSPS) is 13.4. The molecule has 0 amide bonds. The van der Waals surface area contributed by atoms with Crippen LogP contribution in [0.4, 0.5) is 17.6 Å². The summed E-state index contributed by atoms with van der Waals surface area (Å²) in [4.78, 5) is 0. The van der Waals surface area contributed by atoms with Crippen molar-refractivity contribution < 1.29 is 27.0 Å². The molecule has 0 saturated heterocycles. The summed E-state index contributed by atoms with van der Waals surface area (Å²) < 4.78 is 58.0. The van der Waals surface area contributed by atoms with E-state index in [0.29, 0.717) is 5.75 Å². The lowest BCUT2D eigenvalue weighted by atomic mass is 10.1. The van der Waals surface area contributed by atoms with Gasteiger partial charge in [0, 0.05) is 5.56 Å². The molecule has 18 heavy (non-hydrogen) atoms. The van der Waals surface area contributed by atoms with E-state index in [1.165, 1.54) is 19.2 Å². The van der Waals surface area contributed by atoms with Crippen molar-refractivity contribution in [2.24, 2.45) is 0 Å². The Hall–Kier alpha value is -1.01. The summed E-state index contributed by atoms with van der Waals surface area (Å²) in [5.74, 6) is -0.251. The van der Waals surface area contributed by atoms with E-state index in [1.54, 1.807) is 0 Å². The SMILES string of the molecule is COc1ccc(F)cc1C(Cl)COCC(F)(F)F. The van der Waals surface area contributed by atoms with Crippen molar-refractivity contribution in [3.63, 3.8) is 0 Å². The third kappa shape index (κ3) is 4.70. The summed E-state index contributed by atoms with van der Waals surface area (Å²) >= 11 is 5.85. The van der Waals surface area contributed by atoms with Crippen molar-refractivity contribution >= 4 is 11.6 Å². The van der Waals surface area contributed by atoms with Gasteiger partial charge in [-0.1, -0.05) is 0 Å². The van der Waals surface area contributed by atoms with Gasteiger partial charge in [0.2, 0.25) is 0 Å². The van der Waals surface area contributed by atoms with Crippen LogP contribution >= 0.6 is 11.6 Å². The molecule has 1 unspecified atom stereocenters. The lowest BCUT2D eigenvalue weighted by molar-refractivity contribution is -0.173. The van der Waals surface area contributed by atoms with Crippen LogP contribution in [0.25, 0.3) is 0 Å². The predicted molar refractivity (Wildman–Crippen MR) is 58.4 cm³/mol. The Morgan fingerprint density at radius 3 is 2.56 bits per heavy atom. The van der Waals surface area contributed by atoms with Crippen LogP contribution in [0.1, 0.15) is 10.9 Å². The summed E-state index contributed by atoms with van der Waals surface area (Å²) in [5.41, 5.74) is 0.251. The Bertz CT molecular complexity index is 395. The molecule has 0 aliphatic carbocycles. The van der Waals surface area contributed by atoms with E-state index >= 15 is 0 Å². The number of methoxy groups -OCH3 is 1. The van der Waals surface area contributed by atoms with Gasteiger partial charge in [-0.15, -0.1) is 11.6 Å². The molecule has 0 N–H and O–H groups in total. The molecule has 1 rings (SSSR count). The Morgan fingerprint density at radius 1 is 1.33 bits per heavy atom. The van der Waals surface area contributed by atoms with E-state index in [-0.39, 0.29) is 12.2 Å². The van der Waals surface area contributed by atoms with Gasteiger partial charge >= 0.3 is 6.18 Å². The predicted octanol–water partition coefficient (Wildman–Crippen LogP) is 3.69. The van der Waals surface area contributed by atoms with Gasteiger partial charge in [-0.05, 0) is 18.2 Å². The second-order valence-electron chi connectivity index (χ2n) is 3.48. The van der Waals surface area contributed by atoms with E-state index < -0.39 is 24.0 Å². The third-order valence-corrected chi connectivity index (χ3v) is 2.42. The van der Waals surface area contributed by atoms with Crippen molar-refractivity contribution in [2.45, 2.75) is 11.6 Å². The van der Waals surface area contributed by atoms with E-state index in [2.05, 4.69) is 4.74 Å². The number of halogens is 5. The second kappa shape index (κ2) is 6.24. The van der Waals surface area contributed by atoms with Crippen LogP contribution in [0.3, 0.4) is 0 Å². The lowest BCUT2D eigenvalue weighted by Crippen LogP contribution is -2.18. The molecular formula is C11H11ClF4O2. The number of hydrogen-bond donors (Lipinski definition) is 0. The van der Waals surface area contributed by atoms with Gasteiger partial charge in [-0.3, -0.25) is 0 Å². The quantitative estimate of drug-likeness (QED) is 0.607. The molecule has 1 aromatic rings. The number of alkyl halides is 4. The van der Waals surface area contributed by atoms with Crippen LogP contribution in [-0.2, 0) is 4.74 Å². The molecular weight excluding hydrogens is 276 g/mol. The maximum Gasteiger partial charge on any atom is 0.411 e. The first-order valence-electron chi connectivity index (χ1n) is 4.95. The standard InChI is InChI=1S/C11H11ClF4O2/c1-17-10-3-2-7(13)4-8(10)9(12)5-18-6-11(14,15)16/h2-4,9H,5-6H2,1H3. The highest BCUT2D eigenvalue weighted by atomic mass is 35.5. The first kappa shape index (κ1) is 15.0. The van der Waals surface area contributed by atoms with Crippen molar-refractivity contribution in [3.05, 3.63) is 29.6 Å². The zero-order valence-corrected chi connectivity index (χ0v) is 10.2. The molecule has 0 spiro atoms. The van der Waals surface area contributed by atoms with Crippen LogP contribution in [0, 0.1) is 5.82 Å².